The summed E-state index contributed by atoms with van der Waals surface area (Å²) < 4.78 is 10.8. The van der Waals surface area contributed by atoms with E-state index in [-0.39, 0.29) is 17.9 Å². The molecule has 0 bridgehead atoms. The van der Waals surface area contributed by atoms with Gasteiger partial charge in [-0.05, 0) is 62.8 Å². The molecular formula is C21H30N2O4. The topological polar surface area (TPSA) is 67.9 Å². The second-order valence-corrected chi connectivity index (χ2v) is 7.36. The SMILES string of the molecule is CCOc1ccc(C(=O)N2CCC(NC(=O)CCC3CCOC3)CC2)cc1. The Morgan fingerprint density at radius 1 is 1.19 bits per heavy atom. The fourth-order valence-corrected chi connectivity index (χ4v) is 3.72. The number of carbonyl (C=O) groups is 2. The number of benzene rings is 1. The van der Waals surface area contributed by atoms with Gasteiger partial charge < -0.3 is 19.7 Å². The lowest BCUT2D eigenvalue weighted by atomic mass is 10.0. The van der Waals surface area contributed by atoms with E-state index in [1.807, 2.05) is 36.1 Å². The maximum Gasteiger partial charge on any atom is 0.253 e. The average molecular weight is 374 g/mol. The van der Waals surface area contributed by atoms with Crippen LogP contribution < -0.4 is 10.1 Å². The van der Waals surface area contributed by atoms with Crippen molar-refractivity contribution in [3.05, 3.63) is 29.8 Å². The van der Waals surface area contributed by atoms with Gasteiger partial charge in [-0.15, -0.1) is 0 Å². The Labute approximate surface area is 161 Å². The first-order chi connectivity index (χ1) is 13.2. The summed E-state index contributed by atoms with van der Waals surface area (Å²) in [6.07, 6.45) is 4.15. The molecule has 2 fully saturated rings. The molecule has 2 saturated heterocycles. The summed E-state index contributed by atoms with van der Waals surface area (Å²) in [6, 6.07) is 7.46. The third-order valence-corrected chi connectivity index (χ3v) is 5.36. The molecule has 2 aliphatic heterocycles. The highest BCUT2D eigenvalue weighted by molar-refractivity contribution is 5.94. The molecule has 0 radical (unpaired) electrons. The van der Waals surface area contributed by atoms with Gasteiger partial charge in [0.05, 0.1) is 6.61 Å². The Morgan fingerprint density at radius 3 is 2.56 bits per heavy atom. The fourth-order valence-electron chi connectivity index (χ4n) is 3.72. The minimum Gasteiger partial charge on any atom is -0.494 e. The van der Waals surface area contributed by atoms with Gasteiger partial charge in [-0.1, -0.05) is 0 Å². The highest BCUT2D eigenvalue weighted by Gasteiger charge is 2.25. The number of carbonyl (C=O) groups excluding carboxylic acids is 2. The zero-order valence-electron chi connectivity index (χ0n) is 16.1. The Hall–Kier alpha value is -2.08. The van der Waals surface area contributed by atoms with Crippen molar-refractivity contribution in [3.63, 3.8) is 0 Å². The second-order valence-electron chi connectivity index (χ2n) is 7.36. The molecule has 2 heterocycles. The number of hydrogen-bond donors (Lipinski definition) is 1. The largest absolute Gasteiger partial charge is 0.494 e. The zero-order chi connectivity index (χ0) is 19.1. The van der Waals surface area contributed by atoms with Crippen LogP contribution in [0.25, 0.3) is 0 Å². The number of nitrogens with one attached hydrogen (secondary N) is 1. The summed E-state index contributed by atoms with van der Waals surface area (Å²) in [4.78, 5) is 26.6. The lowest BCUT2D eigenvalue weighted by Crippen LogP contribution is -2.46. The van der Waals surface area contributed by atoms with Crippen LogP contribution in [-0.2, 0) is 9.53 Å². The fraction of sp³-hybridized carbons (Fsp3) is 0.619. The lowest BCUT2D eigenvalue weighted by Gasteiger charge is -2.32. The van der Waals surface area contributed by atoms with Crippen LogP contribution in [0.1, 0.15) is 49.4 Å². The first kappa shape index (κ1) is 19.7. The summed E-state index contributed by atoms with van der Waals surface area (Å²) in [5.41, 5.74) is 0.680. The third kappa shape index (κ3) is 5.70. The van der Waals surface area contributed by atoms with Gasteiger partial charge in [0.2, 0.25) is 5.91 Å². The van der Waals surface area contributed by atoms with Crippen molar-refractivity contribution in [3.8, 4) is 5.75 Å². The number of hydrogen-bond acceptors (Lipinski definition) is 4. The van der Waals surface area contributed by atoms with Gasteiger partial charge in [-0.25, -0.2) is 0 Å². The van der Waals surface area contributed by atoms with Crippen LogP contribution in [0.15, 0.2) is 24.3 Å². The maximum atomic E-state index is 12.6. The van der Waals surface area contributed by atoms with Gasteiger partial charge in [0.1, 0.15) is 5.75 Å². The van der Waals surface area contributed by atoms with Crippen LogP contribution in [0, 0.1) is 5.92 Å². The number of ether oxygens (including phenoxy) is 2. The smallest absolute Gasteiger partial charge is 0.253 e. The molecule has 3 rings (SSSR count). The zero-order valence-corrected chi connectivity index (χ0v) is 16.1. The Balaban J connectivity index is 1.39. The van der Waals surface area contributed by atoms with Gasteiger partial charge in [-0.2, -0.15) is 0 Å². The molecule has 1 unspecified atom stereocenters. The summed E-state index contributed by atoms with van der Waals surface area (Å²) in [6.45, 7) is 5.51. The minimum atomic E-state index is 0.0454. The van der Waals surface area contributed by atoms with E-state index in [0.717, 1.165) is 44.6 Å². The van der Waals surface area contributed by atoms with Crippen LogP contribution in [-0.4, -0.2) is 55.7 Å². The maximum absolute atomic E-state index is 12.6. The molecule has 2 aliphatic rings. The summed E-state index contributed by atoms with van der Waals surface area (Å²) >= 11 is 0. The van der Waals surface area contributed by atoms with Crippen LogP contribution in [0.3, 0.4) is 0 Å². The number of piperidine rings is 1. The molecule has 27 heavy (non-hydrogen) atoms. The Morgan fingerprint density at radius 2 is 1.93 bits per heavy atom. The van der Waals surface area contributed by atoms with Crippen molar-refractivity contribution in [2.75, 3.05) is 32.9 Å². The quantitative estimate of drug-likeness (QED) is 0.797. The van der Waals surface area contributed by atoms with Crippen molar-refractivity contribution in [2.24, 2.45) is 5.92 Å². The standard InChI is InChI=1S/C21H30N2O4/c1-2-27-19-6-4-17(5-7-19)21(25)23-12-9-18(10-13-23)22-20(24)8-3-16-11-14-26-15-16/h4-7,16,18H,2-3,8-15H2,1H3,(H,22,24). The molecule has 1 aromatic carbocycles. The van der Waals surface area contributed by atoms with Crippen LogP contribution >= 0.6 is 0 Å². The Bertz CT molecular complexity index is 618. The summed E-state index contributed by atoms with van der Waals surface area (Å²) in [5.74, 6) is 1.48. The molecule has 0 saturated carbocycles. The molecule has 6 nitrogen and oxygen atoms in total. The van der Waals surface area contributed by atoms with E-state index in [0.29, 0.717) is 37.6 Å². The van der Waals surface area contributed by atoms with Gasteiger partial charge in [0, 0.05) is 44.3 Å². The molecule has 148 valence electrons. The van der Waals surface area contributed by atoms with Gasteiger partial charge in [-0.3, -0.25) is 9.59 Å². The lowest BCUT2D eigenvalue weighted by molar-refractivity contribution is -0.122. The predicted octanol–water partition coefficient (Wildman–Crippen LogP) is 2.62. The first-order valence-corrected chi connectivity index (χ1v) is 10.0. The molecule has 0 aliphatic carbocycles. The van der Waals surface area contributed by atoms with E-state index >= 15 is 0 Å². The molecule has 1 aromatic rings. The monoisotopic (exact) mass is 374 g/mol. The van der Waals surface area contributed by atoms with Gasteiger partial charge in [0.25, 0.3) is 5.91 Å². The van der Waals surface area contributed by atoms with E-state index in [9.17, 15) is 9.59 Å². The van der Waals surface area contributed by atoms with E-state index in [1.165, 1.54) is 0 Å². The van der Waals surface area contributed by atoms with Gasteiger partial charge in [0.15, 0.2) is 0 Å². The second kappa shape index (κ2) is 9.74. The van der Waals surface area contributed by atoms with Crippen molar-refractivity contribution in [1.29, 1.82) is 0 Å². The summed E-state index contributed by atoms with van der Waals surface area (Å²) in [5, 5.41) is 3.13. The van der Waals surface area contributed by atoms with Crippen molar-refractivity contribution in [2.45, 2.75) is 45.1 Å². The Kier molecular flexibility index (Phi) is 7.10. The third-order valence-electron chi connectivity index (χ3n) is 5.36. The first-order valence-electron chi connectivity index (χ1n) is 10.0. The van der Waals surface area contributed by atoms with E-state index in [1.54, 1.807) is 0 Å². The molecule has 6 heteroatoms. The molecule has 2 amide bonds. The molecule has 0 aromatic heterocycles. The van der Waals surface area contributed by atoms with Crippen molar-refractivity contribution < 1.29 is 19.1 Å². The predicted molar refractivity (Wildman–Crippen MR) is 103 cm³/mol. The van der Waals surface area contributed by atoms with E-state index in [2.05, 4.69) is 5.32 Å². The normalized spacial score (nSPS) is 20.5. The van der Waals surface area contributed by atoms with Crippen molar-refractivity contribution in [1.82, 2.24) is 10.2 Å². The molecule has 0 spiro atoms. The highest BCUT2D eigenvalue weighted by atomic mass is 16.5. The molecule has 1 atom stereocenters. The van der Waals surface area contributed by atoms with Crippen LogP contribution in [0.5, 0.6) is 5.75 Å². The van der Waals surface area contributed by atoms with Gasteiger partial charge >= 0.3 is 0 Å². The van der Waals surface area contributed by atoms with E-state index in [4.69, 9.17) is 9.47 Å². The minimum absolute atomic E-state index is 0.0454. The number of nitrogens with zero attached hydrogens (tertiary/aromatic N) is 1. The van der Waals surface area contributed by atoms with Crippen LogP contribution in [0.2, 0.25) is 0 Å². The highest BCUT2D eigenvalue weighted by Crippen LogP contribution is 2.19. The van der Waals surface area contributed by atoms with Crippen LogP contribution in [0.4, 0.5) is 0 Å². The molecular weight excluding hydrogens is 344 g/mol. The number of rotatable bonds is 7. The number of amides is 2. The number of likely N-dealkylation sites (tertiary alicyclic amines) is 1. The summed E-state index contributed by atoms with van der Waals surface area (Å²) in [7, 11) is 0. The van der Waals surface area contributed by atoms with E-state index < -0.39 is 0 Å². The van der Waals surface area contributed by atoms with Crippen molar-refractivity contribution >= 4 is 11.8 Å². The average Bonchev–Trinajstić information content (AvgIpc) is 3.21. The molecule has 1 N–H and O–H groups in total.